The fraction of sp³-hybridized carbons (Fsp3) is 0.182. The van der Waals surface area contributed by atoms with E-state index in [4.69, 9.17) is 0 Å². The molecule has 0 aromatic heterocycles. The van der Waals surface area contributed by atoms with Gasteiger partial charge in [0.2, 0.25) is 6.21 Å². The fourth-order valence-electron chi connectivity index (χ4n) is 4.05. The monoisotopic (exact) mass is 327 g/mol. The zero-order valence-electron chi connectivity index (χ0n) is 14.3. The first-order valence-electron chi connectivity index (χ1n) is 8.63. The molecule has 0 atom stereocenters. The zero-order chi connectivity index (χ0) is 17.2. The molecule has 1 saturated heterocycles. The lowest BCUT2D eigenvalue weighted by atomic mass is 9.91. The number of rotatable bonds is 1. The Kier molecular flexibility index (Phi) is 2.76. The van der Waals surface area contributed by atoms with Crippen LogP contribution in [0.25, 0.3) is 32.3 Å². The van der Waals surface area contributed by atoms with E-state index in [9.17, 15) is 4.79 Å². The summed E-state index contributed by atoms with van der Waals surface area (Å²) in [6.45, 7) is 4.17. The number of hydrogen-bond acceptors (Lipinski definition) is 1. The van der Waals surface area contributed by atoms with Crippen LogP contribution in [-0.4, -0.2) is 22.3 Å². The molecule has 1 heterocycles. The van der Waals surface area contributed by atoms with Gasteiger partial charge in [0.1, 0.15) is 0 Å². The van der Waals surface area contributed by atoms with Crippen molar-refractivity contribution in [2.45, 2.75) is 25.8 Å². The normalized spacial score (nSPS) is 18.6. The Morgan fingerprint density at radius 3 is 2.36 bits per heavy atom. The summed E-state index contributed by atoms with van der Waals surface area (Å²) in [5, 5.41) is 7.59. The highest BCUT2D eigenvalue weighted by Gasteiger charge is 2.42. The summed E-state index contributed by atoms with van der Waals surface area (Å²) in [6.07, 6.45) is 2.58. The minimum atomic E-state index is -0.227. The molecule has 1 fully saturated rings. The van der Waals surface area contributed by atoms with Gasteiger partial charge in [-0.3, -0.25) is 4.79 Å². The summed E-state index contributed by atoms with van der Waals surface area (Å²) >= 11 is 0. The highest BCUT2D eigenvalue weighted by atomic mass is 16.2. The van der Waals surface area contributed by atoms with Crippen LogP contribution in [0.5, 0.6) is 0 Å². The lowest BCUT2D eigenvalue weighted by molar-refractivity contribution is -0.620. The van der Waals surface area contributed by atoms with E-state index in [-0.39, 0.29) is 11.4 Å². The number of benzene rings is 4. The molecule has 0 spiro atoms. The summed E-state index contributed by atoms with van der Waals surface area (Å²) in [5.74, 6) is 0.0679. The van der Waals surface area contributed by atoms with Crippen LogP contribution in [0.1, 0.15) is 25.8 Å². The number of nitrogens with zero attached hydrogens (tertiary/aromatic N) is 1. The molecule has 4 aromatic rings. The van der Waals surface area contributed by atoms with Crippen LogP contribution in [0.15, 0.2) is 54.6 Å². The molecule has 0 saturated carbocycles. The number of hydrazine groups is 1. The molecule has 4 aromatic carbocycles. The summed E-state index contributed by atoms with van der Waals surface area (Å²) < 4.78 is 1.95. The summed E-state index contributed by atoms with van der Waals surface area (Å²) in [7, 11) is 0. The van der Waals surface area contributed by atoms with Crippen molar-refractivity contribution in [3.63, 3.8) is 0 Å². The van der Waals surface area contributed by atoms with Crippen molar-refractivity contribution < 1.29 is 9.48 Å². The van der Waals surface area contributed by atoms with Crippen molar-refractivity contribution in [3.05, 3.63) is 60.2 Å². The van der Waals surface area contributed by atoms with Gasteiger partial charge in [0, 0.05) is 19.4 Å². The van der Waals surface area contributed by atoms with E-state index in [1.54, 1.807) is 0 Å². The van der Waals surface area contributed by atoms with Gasteiger partial charge in [0.05, 0.1) is 6.42 Å². The molecule has 0 bridgehead atoms. The molecule has 0 radical (unpaired) electrons. The van der Waals surface area contributed by atoms with Gasteiger partial charge in [-0.15, -0.1) is 10.1 Å². The second kappa shape index (κ2) is 4.79. The van der Waals surface area contributed by atoms with Crippen LogP contribution in [0.4, 0.5) is 0 Å². The molecule has 5 rings (SSSR count). The fourth-order valence-corrected chi connectivity index (χ4v) is 4.05. The molecule has 1 N–H and O–H groups in total. The van der Waals surface area contributed by atoms with Crippen molar-refractivity contribution in [1.82, 2.24) is 5.43 Å². The summed E-state index contributed by atoms with van der Waals surface area (Å²) in [6, 6.07) is 19.5. The van der Waals surface area contributed by atoms with Gasteiger partial charge in [-0.05, 0) is 38.4 Å². The molecule has 1 aliphatic heterocycles. The topological polar surface area (TPSA) is 32.1 Å². The van der Waals surface area contributed by atoms with Gasteiger partial charge in [-0.25, -0.2) is 0 Å². The van der Waals surface area contributed by atoms with Crippen molar-refractivity contribution in [2.24, 2.45) is 0 Å². The number of hydrazone groups is 1. The lowest BCUT2D eigenvalue weighted by Gasteiger charge is -2.14. The summed E-state index contributed by atoms with van der Waals surface area (Å²) in [4.78, 5) is 11.9. The first-order valence-corrected chi connectivity index (χ1v) is 8.63. The molecule has 25 heavy (non-hydrogen) atoms. The number of carbonyl (C=O) groups is 1. The smallest absolute Gasteiger partial charge is 0.269 e. The van der Waals surface area contributed by atoms with Crippen LogP contribution in [-0.2, 0) is 4.79 Å². The number of hydrogen-bond donors (Lipinski definition) is 1. The second-order valence-corrected chi connectivity index (χ2v) is 7.54. The molecule has 3 heteroatoms. The summed E-state index contributed by atoms with van der Waals surface area (Å²) in [5.41, 5.74) is 3.87. The zero-order valence-corrected chi connectivity index (χ0v) is 14.3. The number of carbonyl (C=O) groups excluding carboxylic acids is 1. The highest BCUT2D eigenvalue weighted by molar-refractivity contribution is 6.25. The Morgan fingerprint density at radius 1 is 0.960 bits per heavy atom. The largest absolute Gasteiger partial charge is 0.281 e. The first kappa shape index (κ1) is 14.4. The predicted molar refractivity (Wildman–Crippen MR) is 102 cm³/mol. The molecule has 3 nitrogen and oxygen atoms in total. The quantitative estimate of drug-likeness (QED) is 0.412. The van der Waals surface area contributed by atoms with E-state index in [0.717, 1.165) is 5.56 Å². The van der Waals surface area contributed by atoms with E-state index in [2.05, 4.69) is 80.1 Å². The average Bonchev–Trinajstić information content (AvgIpc) is 2.85. The van der Waals surface area contributed by atoms with Crippen LogP contribution in [0.3, 0.4) is 0 Å². The molecule has 1 amide bonds. The van der Waals surface area contributed by atoms with Crippen molar-refractivity contribution in [3.8, 4) is 0 Å². The van der Waals surface area contributed by atoms with Gasteiger partial charge >= 0.3 is 0 Å². The molecule has 122 valence electrons. The third kappa shape index (κ3) is 2.05. The average molecular weight is 327 g/mol. The minimum Gasteiger partial charge on any atom is -0.269 e. The van der Waals surface area contributed by atoms with E-state index >= 15 is 0 Å². The molecule has 0 aliphatic carbocycles. The Hall–Kier alpha value is -2.94. The van der Waals surface area contributed by atoms with Crippen molar-refractivity contribution >= 4 is 44.4 Å². The van der Waals surface area contributed by atoms with Crippen molar-refractivity contribution in [2.75, 3.05) is 0 Å². The molecular weight excluding hydrogens is 308 g/mol. The molecular formula is C22H19N2O+. The lowest BCUT2D eigenvalue weighted by Crippen LogP contribution is -2.36. The Balaban J connectivity index is 1.89. The Bertz CT molecular complexity index is 1190. The standard InChI is InChI=1S/C22H18N2O/c1-22(2)12-19(25)23-24(22)13-17-11-16-7-3-5-14-9-10-15-6-4-8-18(17)21(15)20(14)16/h3-11,13H,12H2,1-2H3/p+1/b24-13-. The number of nitrogens with one attached hydrogen (secondary N) is 1. The third-order valence-electron chi connectivity index (χ3n) is 5.30. The second-order valence-electron chi connectivity index (χ2n) is 7.54. The molecule has 1 aliphatic rings. The molecule has 0 unspecified atom stereocenters. The third-order valence-corrected chi connectivity index (χ3v) is 5.30. The highest BCUT2D eigenvalue weighted by Crippen LogP contribution is 2.36. The van der Waals surface area contributed by atoms with E-state index < -0.39 is 0 Å². The Labute approximate surface area is 145 Å². The van der Waals surface area contributed by atoms with Crippen LogP contribution in [0, 0.1) is 0 Å². The van der Waals surface area contributed by atoms with E-state index in [1.807, 2.05) is 4.68 Å². The maximum atomic E-state index is 11.9. The number of amides is 1. The van der Waals surface area contributed by atoms with Crippen LogP contribution < -0.4 is 5.43 Å². The SMILES string of the molecule is CC1(C)CC(=O)N/[N+]1=C\c1cc2cccc3ccc4cccc1c4c32. The van der Waals surface area contributed by atoms with Crippen molar-refractivity contribution in [1.29, 1.82) is 0 Å². The first-order chi connectivity index (χ1) is 12.0. The maximum Gasteiger partial charge on any atom is 0.281 e. The van der Waals surface area contributed by atoms with E-state index in [0.29, 0.717) is 6.42 Å². The van der Waals surface area contributed by atoms with E-state index in [1.165, 1.54) is 32.3 Å². The van der Waals surface area contributed by atoms with Gasteiger partial charge in [0.15, 0.2) is 5.54 Å². The van der Waals surface area contributed by atoms with Gasteiger partial charge in [0.25, 0.3) is 5.91 Å². The van der Waals surface area contributed by atoms with Crippen LogP contribution in [0.2, 0.25) is 0 Å². The maximum absolute atomic E-state index is 11.9. The predicted octanol–water partition coefficient (Wildman–Crippen LogP) is 4.23. The van der Waals surface area contributed by atoms with Gasteiger partial charge < -0.3 is 0 Å². The van der Waals surface area contributed by atoms with Gasteiger partial charge in [-0.2, -0.15) is 0 Å². The minimum absolute atomic E-state index is 0.0679. The Morgan fingerprint density at radius 2 is 1.64 bits per heavy atom. The van der Waals surface area contributed by atoms with Gasteiger partial charge in [-0.1, -0.05) is 48.5 Å². The van der Waals surface area contributed by atoms with Crippen LogP contribution >= 0.6 is 0 Å².